The topological polar surface area (TPSA) is 59.8 Å². The second kappa shape index (κ2) is 6.60. The van der Waals surface area contributed by atoms with Crippen LogP contribution in [0.15, 0.2) is 46.5 Å². The first-order valence-corrected chi connectivity index (χ1v) is 8.34. The van der Waals surface area contributed by atoms with Crippen LogP contribution >= 0.6 is 38.9 Å². The van der Waals surface area contributed by atoms with Gasteiger partial charge in [-0.25, -0.2) is 9.67 Å². The highest BCUT2D eigenvalue weighted by molar-refractivity contribution is 9.10. The van der Waals surface area contributed by atoms with Gasteiger partial charge < -0.3 is 5.32 Å². The summed E-state index contributed by atoms with van der Waals surface area (Å²) in [6.07, 6.45) is 3.09. The van der Waals surface area contributed by atoms with Crippen molar-refractivity contribution >= 4 is 50.6 Å². The molecule has 0 bridgehead atoms. The molecule has 3 aromatic rings. The summed E-state index contributed by atoms with van der Waals surface area (Å²) in [6.45, 7) is 0.595. The number of thiophene rings is 1. The fourth-order valence-corrected chi connectivity index (χ4v) is 3.39. The number of halogens is 2. The number of carbonyl (C=O) groups excluding carboxylic acids is 1. The van der Waals surface area contributed by atoms with Crippen LogP contribution in [0.1, 0.15) is 15.2 Å². The van der Waals surface area contributed by atoms with E-state index in [2.05, 4.69) is 31.3 Å². The minimum Gasteiger partial charge on any atom is -0.307 e. The minimum absolute atomic E-state index is 0.252. The maximum Gasteiger partial charge on any atom is 0.258 e. The monoisotopic (exact) mass is 396 g/mol. The number of aromatic nitrogens is 3. The molecule has 0 aliphatic heterocycles. The number of pyridine rings is 1. The summed E-state index contributed by atoms with van der Waals surface area (Å²) in [5, 5.41) is 9.42. The molecule has 22 heavy (non-hydrogen) atoms. The van der Waals surface area contributed by atoms with Gasteiger partial charge in [0.15, 0.2) is 0 Å². The summed E-state index contributed by atoms with van der Waals surface area (Å²) in [4.78, 5) is 17.2. The Morgan fingerprint density at radius 3 is 2.95 bits per heavy atom. The molecule has 0 aromatic carbocycles. The molecule has 0 saturated carbocycles. The van der Waals surface area contributed by atoms with Crippen LogP contribution in [0.4, 0.5) is 5.82 Å². The first-order valence-electron chi connectivity index (χ1n) is 6.29. The summed E-state index contributed by atoms with van der Waals surface area (Å²) < 4.78 is 2.77. The molecule has 3 heterocycles. The molecule has 1 N–H and O–H groups in total. The molecule has 3 aromatic heterocycles. The average Bonchev–Trinajstić information content (AvgIpc) is 3.10. The third-order valence-electron chi connectivity index (χ3n) is 2.88. The second-order valence-electron chi connectivity index (χ2n) is 4.43. The van der Waals surface area contributed by atoms with E-state index < -0.39 is 0 Å². The predicted molar refractivity (Wildman–Crippen MR) is 90.5 cm³/mol. The molecule has 8 heteroatoms. The maximum absolute atomic E-state index is 12.2. The molecule has 3 rings (SSSR count). The van der Waals surface area contributed by atoms with Gasteiger partial charge >= 0.3 is 0 Å². The number of hydrogen-bond acceptors (Lipinski definition) is 4. The van der Waals surface area contributed by atoms with Crippen LogP contribution in [0.5, 0.6) is 0 Å². The van der Waals surface area contributed by atoms with E-state index in [1.807, 2.05) is 11.4 Å². The van der Waals surface area contributed by atoms with E-state index in [4.69, 9.17) is 11.6 Å². The van der Waals surface area contributed by atoms with Crippen molar-refractivity contribution in [1.82, 2.24) is 14.8 Å². The highest BCUT2D eigenvalue weighted by Crippen LogP contribution is 2.21. The van der Waals surface area contributed by atoms with Crippen molar-refractivity contribution in [1.29, 1.82) is 0 Å². The van der Waals surface area contributed by atoms with Gasteiger partial charge in [-0.05, 0) is 34.1 Å². The predicted octanol–water partition coefficient (Wildman–Crippen LogP) is 4.06. The second-order valence-corrected chi connectivity index (χ2v) is 6.73. The van der Waals surface area contributed by atoms with Gasteiger partial charge in [0.05, 0.1) is 18.3 Å². The lowest BCUT2D eigenvalue weighted by Gasteiger charge is -2.08. The highest BCUT2D eigenvalue weighted by atomic mass is 79.9. The summed E-state index contributed by atoms with van der Waals surface area (Å²) in [6, 6.07) is 6.99. The number of carbonyl (C=O) groups is 1. The van der Waals surface area contributed by atoms with Gasteiger partial charge in [0.1, 0.15) is 11.0 Å². The number of nitrogens with zero attached hydrogens (tertiary/aromatic N) is 3. The van der Waals surface area contributed by atoms with Gasteiger partial charge in [-0.1, -0.05) is 11.6 Å². The fourth-order valence-electron chi connectivity index (χ4n) is 1.85. The minimum atomic E-state index is -0.252. The normalized spacial score (nSPS) is 10.6. The lowest BCUT2D eigenvalue weighted by molar-refractivity contribution is 0.102. The molecule has 0 saturated heterocycles. The van der Waals surface area contributed by atoms with Crippen molar-refractivity contribution in [3.8, 4) is 0 Å². The van der Waals surface area contributed by atoms with Gasteiger partial charge in [0.25, 0.3) is 5.91 Å². The van der Waals surface area contributed by atoms with Crippen LogP contribution in [0.2, 0.25) is 5.15 Å². The number of amides is 1. The Bertz CT molecular complexity index is 799. The maximum atomic E-state index is 12.2. The Hall–Kier alpha value is -1.70. The molecule has 0 atom stereocenters. The number of rotatable bonds is 4. The number of hydrogen-bond donors (Lipinski definition) is 1. The van der Waals surface area contributed by atoms with E-state index in [0.29, 0.717) is 23.1 Å². The van der Waals surface area contributed by atoms with E-state index in [1.165, 1.54) is 6.20 Å². The third-order valence-corrected chi connectivity index (χ3v) is 4.78. The molecule has 0 unspecified atom stereocenters. The highest BCUT2D eigenvalue weighted by Gasteiger charge is 2.11. The zero-order valence-corrected chi connectivity index (χ0v) is 14.3. The Kier molecular flexibility index (Phi) is 4.56. The number of nitrogens with one attached hydrogen (secondary N) is 1. The van der Waals surface area contributed by atoms with Crippen molar-refractivity contribution < 1.29 is 4.79 Å². The Balaban J connectivity index is 1.74. The third kappa shape index (κ3) is 3.55. The Morgan fingerprint density at radius 1 is 1.41 bits per heavy atom. The Morgan fingerprint density at radius 2 is 2.27 bits per heavy atom. The van der Waals surface area contributed by atoms with Crippen LogP contribution in [0, 0.1) is 0 Å². The Labute approximate surface area is 144 Å². The molecule has 0 spiro atoms. The quantitative estimate of drug-likeness (QED) is 0.676. The number of anilines is 1. The van der Waals surface area contributed by atoms with E-state index in [-0.39, 0.29) is 5.91 Å². The molecule has 112 valence electrons. The van der Waals surface area contributed by atoms with Gasteiger partial charge in [0.2, 0.25) is 0 Å². The van der Waals surface area contributed by atoms with Gasteiger partial charge in [-0.2, -0.15) is 5.10 Å². The van der Waals surface area contributed by atoms with Crippen molar-refractivity contribution in [2.45, 2.75) is 6.54 Å². The average molecular weight is 398 g/mol. The molecular weight excluding hydrogens is 388 g/mol. The van der Waals surface area contributed by atoms with Crippen molar-refractivity contribution in [2.75, 3.05) is 5.32 Å². The van der Waals surface area contributed by atoms with Crippen LogP contribution in [-0.4, -0.2) is 20.7 Å². The van der Waals surface area contributed by atoms with Gasteiger partial charge in [0, 0.05) is 27.0 Å². The first kappa shape index (κ1) is 15.2. The van der Waals surface area contributed by atoms with Crippen LogP contribution in [-0.2, 0) is 6.54 Å². The zero-order chi connectivity index (χ0) is 15.5. The summed E-state index contributed by atoms with van der Waals surface area (Å²) in [5.74, 6) is 0.378. The molecule has 5 nitrogen and oxygen atoms in total. The van der Waals surface area contributed by atoms with Gasteiger partial charge in [-0.3, -0.25) is 4.79 Å². The lowest BCUT2D eigenvalue weighted by atomic mass is 10.3. The van der Waals surface area contributed by atoms with E-state index in [0.717, 1.165) is 9.35 Å². The molecule has 0 aliphatic carbocycles. The van der Waals surface area contributed by atoms with Crippen LogP contribution in [0.25, 0.3) is 0 Å². The van der Waals surface area contributed by atoms with Crippen molar-refractivity contribution in [2.24, 2.45) is 0 Å². The zero-order valence-electron chi connectivity index (χ0n) is 11.2. The van der Waals surface area contributed by atoms with Crippen LogP contribution < -0.4 is 5.32 Å². The van der Waals surface area contributed by atoms with Crippen molar-refractivity contribution in [3.63, 3.8) is 0 Å². The van der Waals surface area contributed by atoms with E-state index in [1.54, 1.807) is 40.4 Å². The largest absolute Gasteiger partial charge is 0.307 e. The summed E-state index contributed by atoms with van der Waals surface area (Å²) >= 11 is 10.8. The van der Waals surface area contributed by atoms with E-state index in [9.17, 15) is 4.79 Å². The molecule has 0 aliphatic rings. The van der Waals surface area contributed by atoms with E-state index >= 15 is 0 Å². The smallest absolute Gasteiger partial charge is 0.258 e. The standard InChI is InChI=1S/C14H10BrClN4OS/c15-10-5-11(22-8-10)7-20-13(3-4-18-20)19-14(21)9-1-2-12(16)17-6-9/h1-6,8H,7H2,(H,19,21). The molecular formula is C14H10BrClN4OS. The SMILES string of the molecule is O=C(Nc1ccnn1Cc1cc(Br)cs1)c1ccc(Cl)nc1. The summed E-state index contributed by atoms with van der Waals surface area (Å²) in [5.41, 5.74) is 0.441. The fraction of sp³-hybridized carbons (Fsp3) is 0.0714. The van der Waals surface area contributed by atoms with Crippen LogP contribution in [0.3, 0.4) is 0 Å². The van der Waals surface area contributed by atoms with Crippen molar-refractivity contribution in [3.05, 3.63) is 62.1 Å². The molecule has 1 amide bonds. The van der Waals surface area contributed by atoms with Gasteiger partial charge in [-0.15, -0.1) is 11.3 Å². The lowest BCUT2D eigenvalue weighted by Crippen LogP contribution is -2.16. The molecule has 0 radical (unpaired) electrons. The molecule has 0 fully saturated rings. The summed E-state index contributed by atoms with van der Waals surface area (Å²) in [7, 11) is 0. The first-order chi connectivity index (χ1) is 10.6.